The van der Waals surface area contributed by atoms with Crippen LogP contribution in [-0.4, -0.2) is 21.7 Å². The highest BCUT2D eigenvalue weighted by Crippen LogP contribution is 2.31. The summed E-state index contributed by atoms with van der Waals surface area (Å²) in [5.41, 5.74) is 6.86. The topological polar surface area (TPSA) is 74.8 Å². The number of thiazole rings is 1. The Morgan fingerprint density at radius 1 is 1.00 bits per heavy atom. The van der Waals surface area contributed by atoms with Crippen molar-refractivity contribution < 1.29 is 18.7 Å². The monoisotopic (exact) mass is 635 g/mol. The molecule has 9 heteroatoms. The summed E-state index contributed by atoms with van der Waals surface area (Å²) in [6, 6.07) is 23.4. The highest BCUT2D eigenvalue weighted by atomic mass is 32.1. The van der Waals surface area contributed by atoms with Crippen LogP contribution in [0.2, 0.25) is 0 Å². The number of benzene rings is 3. The lowest BCUT2D eigenvalue weighted by atomic mass is 9.95. The van der Waals surface area contributed by atoms with Gasteiger partial charge in [-0.3, -0.25) is 9.36 Å². The van der Waals surface area contributed by atoms with Crippen LogP contribution in [0.4, 0.5) is 4.39 Å². The second-order valence-electron chi connectivity index (χ2n) is 11.2. The van der Waals surface area contributed by atoms with Crippen LogP contribution < -0.4 is 19.6 Å². The molecule has 0 spiro atoms. The number of nitrogens with zero attached hydrogens (tertiary/aromatic N) is 3. The molecule has 5 aromatic rings. The molecule has 46 heavy (non-hydrogen) atoms. The van der Waals surface area contributed by atoms with Gasteiger partial charge in [-0.05, 0) is 88.2 Å². The first kappa shape index (κ1) is 31.0. The van der Waals surface area contributed by atoms with Crippen molar-refractivity contribution in [1.29, 1.82) is 0 Å². The lowest BCUT2D eigenvalue weighted by Crippen LogP contribution is -2.39. The predicted octanol–water partition coefficient (Wildman–Crippen LogP) is 6.23. The molecular formula is C37H34FN3O4S. The van der Waals surface area contributed by atoms with Crippen LogP contribution in [-0.2, 0) is 16.1 Å². The molecule has 0 amide bonds. The number of fused-ring (bicyclic) bond motifs is 1. The molecule has 1 aliphatic rings. The summed E-state index contributed by atoms with van der Waals surface area (Å²) in [7, 11) is 0. The van der Waals surface area contributed by atoms with Gasteiger partial charge in [0.05, 0.1) is 28.5 Å². The van der Waals surface area contributed by atoms with E-state index in [2.05, 4.69) is 9.56 Å². The molecule has 3 heterocycles. The van der Waals surface area contributed by atoms with Gasteiger partial charge in [-0.2, -0.15) is 0 Å². The van der Waals surface area contributed by atoms with Crippen LogP contribution in [0.3, 0.4) is 0 Å². The van der Waals surface area contributed by atoms with Gasteiger partial charge in [0.2, 0.25) is 0 Å². The molecule has 0 fully saturated rings. The average Bonchev–Trinajstić information content (AvgIpc) is 3.50. The summed E-state index contributed by atoms with van der Waals surface area (Å²) in [6.45, 7) is 9.93. The number of esters is 1. The number of allylic oxidation sites excluding steroid dienone is 1. The predicted molar refractivity (Wildman–Crippen MR) is 178 cm³/mol. The highest BCUT2D eigenvalue weighted by Gasteiger charge is 2.33. The van der Waals surface area contributed by atoms with Crippen molar-refractivity contribution in [1.82, 2.24) is 9.13 Å². The second kappa shape index (κ2) is 12.8. The van der Waals surface area contributed by atoms with E-state index in [4.69, 9.17) is 9.47 Å². The smallest absolute Gasteiger partial charge is 0.338 e. The highest BCUT2D eigenvalue weighted by molar-refractivity contribution is 7.07. The van der Waals surface area contributed by atoms with E-state index in [0.717, 1.165) is 33.8 Å². The molecular weight excluding hydrogens is 601 g/mol. The minimum atomic E-state index is -0.649. The normalized spacial score (nSPS) is 14.7. The third kappa shape index (κ3) is 5.86. The first-order chi connectivity index (χ1) is 22.2. The lowest BCUT2D eigenvalue weighted by Gasteiger charge is -2.24. The van der Waals surface area contributed by atoms with E-state index in [1.807, 2.05) is 81.4 Å². The van der Waals surface area contributed by atoms with E-state index in [0.29, 0.717) is 31.9 Å². The van der Waals surface area contributed by atoms with E-state index in [9.17, 15) is 14.0 Å². The van der Waals surface area contributed by atoms with Gasteiger partial charge in [0.25, 0.3) is 5.56 Å². The fourth-order valence-corrected chi connectivity index (χ4v) is 6.83. The van der Waals surface area contributed by atoms with Crippen molar-refractivity contribution in [2.24, 2.45) is 4.99 Å². The van der Waals surface area contributed by atoms with Crippen LogP contribution in [0.5, 0.6) is 5.75 Å². The van der Waals surface area contributed by atoms with Gasteiger partial charge in [-0.15, -0.1) is 0 Å². The van der Waals surface area contributed by atoms with Gasteiger partial charge in [-0.1, -0.05) is 59.4 Å². The molecule has 0 N–H and O–H groups in total. The number of halogens is 1. The van der Waals surface area contributed by atoms with E-state index in [1.54, 1.807) is 36.6 Å². The Morgan fingerprint density at radius 2 is 1.72 bits per heavy atom. The molecule has 0 aliphatic carbocycles. The van der Waals surface area contributed by atoms with Crippen LogP contribution in [0.1, 0.15) is 53.5 Å². The summed E-state index contributed by atoms with van der Waals surface area (Å²) in [6.07, 6.45) is 1.89. The van der Waals surface area contributed by atoms with Crippen LogP contribution in [0, 0.1) is 26.6 Å². The molecule has 0 radical (unpaired) electrons. The summed E-state index contributed by atoms with van der Waals surface area (Å²) in [4.78, 5) is 32.4. The van der Waals surface area contributed by atoms with Gasteiger partial charge in [-0.25, -0.2) is 14.2 Å². The van der Waals surface area contributed by atoms with E-state index < -0.39 is 12.0 Å². The van der Waals surface area contributed by atoms with Crippen molar-refractivity contribution in [3.05, 3.63) is 149 Å². The van der Waals surface area contributed by atoms with Gasteiger partial charge in [0.1, 0.15) is 18.2 Å². The van der Waals surface area contributed by atoms with Crippen LogP contribution in [0.25, 0.3) is 11.8 Å². The fourth-order valence-electron chi connectivity index (χ4n) is 5.80. The Morgan fingerprint density at radius 3 is 2.41 bits per heavy atom. The van der Waals surface area contributed by atoms with Gasteiger partial charge in [0.15, 0.2) is 4.80 Å². The van der Waals surface area contributed by atoms with Crippen molar-refractivity contribution in [3.8, 4) is 11.4 Å². The van der Waals surface area contributed by atoms with Gasteiger partial charge < -0.3 is 14.0 Å². The van der Waals surface area contributed by atoms with Crippen molar-refractivity contribution in [3.63, 3.8) is 0 Å². The Bertz CT molecular complexity index is 2160. The minimum Gasteiger partial charge on any atom is -0.489 e. The number of hydrogen-bond acceptors (Lipinski definition) is 6. The standard InChI is InChI=1S/C37H34FN3O4S/c1-6-44-36(43)33-24(4)39-37-41(34(33)26-13-11-22(2)12-14-26)35(42)32(46-37)20-28-19-23(3)40(25(28)5)29-15-17-30(18-16-29)45-21-27-9-7-8-10-31(27)38/h7-20,34H,6,21H2,1-5H3/b32-20-/t34-/m0/s1. The maximum Gasteiger partial charge on any atom is 0.338 e. The number of hydrogen-bond donors (Lipinski definition) is 0. The number of ether oxygens (including phenoxy) is 2. The SMILES string of the molecule is CCOC(=O)C1=C(C)N=c2s/c(=C\c3cc(C)n(-c4ccc(OCc5ccccc5F)cc4)c3C)c(=O)n2[C@H]1c1ccc(C)cc1. The Kier molecular flexibility index (Phi) is 8.60. The van der Waals surface area contributed by atoms with Gasteiger partial charge >= 0.3 is 5.97 Å². The molecule has 0 saturated carbocycles. The van der Waals surface area contributed by atoms with E-state index >= 15 is 0 Å². The average molecular weight is 636 g/mol. The zero-order chi connectivity index (χ0) is 32.5. The molecule has 3 aromatic carbocycles. The number of aromatic nitrogens is 2. The largest absolute Gasteiger partial charge is 0.489 e. The molecule has 0 saturated heterocycles. The number of rotatable bonds is 8. The maximum absolute atomic E-state index is 14.1. The lowest BCUT2D eigenvalue weighted by molar-refractivity contribution is -0.139. The summed E-state index contributed by atoms with van der Waals surface area (Å²) < 4.78 is 29.5. The third-order valence-electron chi connectivity index (χ3n) is 8.11. The molecule has 0 unspecified atom stereocenters. The molecule has 0 bridgehead atoms. The molecule has 234 valence electrons. The van der Waals surface area contributed by atoms with Crippen molar-refractivity contribution >= 4 is 23.4 Å². The second-order valence-corrected chi connectivity index (χ2v) is 12.3. The molecule has 2 aromatic heterocycles. The summed E-state index contributed by atoms with van der Waals surface area (Å²) >= 11 is 1.30. The summed E-state index contributed by atoms with van der Waals surface area (Å²) in [5, 5.41) is 0. The molecule has 6 rings (SSSR count). The Balaban J connectivity index is 1.35. The molecule has 7 nitrogen and oxygen atoms in total. The van der Waals surface area contributed by atoms with E-state index in [-0.39, 0.29) is 24.6 Å². The minimum absolute atomic E-state index is 0.139. The third-order valence-corrected chi connectivity index (χ3v) is 9.10. The van der Waals surface area contributed by atoms with Gasteiger partial charge in [0, 0.05) is 22.6 Å². The number of aryl methyl sites for hydroxylation is 2. The molecule has 1 atom stereocenters. The quantitative estimate of drug-likeness (QED) is 0.190. The maximum atomic E-state index is 14.1. The fraction of sp³-hybridized carbons (Fsp3) is 0.216. The van der Waals surface area contributed by atoms with Crippen LogP contribution >= 0.6 is 11.3 Å². The summed E-state index contributed by atoms with van der Waals surface area (Å²) in [5.74, 6) is -0.134. The first-order valence-corrected chi connectivity index (χ1v) is 15.9. The number of carbonyl (C=O) groups is 1. The first-order valence-electron chi connectivity index (χ1n) is 15.1. The Labute approximate surface area is 270 Å². The van der Waals surface area contributed by atoms with Crippen molar-refractivity contribution in [2.75, 3.05) is 6.61 Å². The van der Waals surface area contributed by atoms with Crippen LogP contribution in [0.15, 0.2) is 99.9 Å². The zero-order valence-electron chi connectivity index (χ0n) is 26.3. The van der Waals surface area contributed by atoms with E-state index in [1.165, 1.54) is 17.4 Å². The number of carbonyl (C=O) groups excluding carboxylic acids is 1. The van der Waals surface area contributed by atoms with Crippen molar-refractivity contribution in [2.45, 2.75) is 47.3 Å². The Hall–Kier alpha value is -5.02. The molecule has 1 aliphatic heterocycles. The zero-order valence-corrected chi connectivity index (χ0v) is 27.2.